The largest absolute Gasteiger partial charge is 0.372 e. The zero-order chi connectivity index (χ0) is 29.4. The number of sulfone groups is 1. The topological polar surface area (TPSA) is 127 Å². The number of carbonyl (C=O) groups excluding carboxylic acids is 1. The predicted molar refractivity (Wildman–Crippen MR) is 160 cm³/mol. The van der Waals surface area contributed by atoms with Gasteiger partial charge in [0, 0.05) is 30.9 Å². The van der Waals surface area contributed by atoms with Gasteiger partial charge < -0.3 is 15.0 Å². The first-order chi connectivity index (χ1) is 20.1. The molecule has 218 valence electrons. The molecule has 0 unspecified atom stereocenters. The van der Waals surface area contributed by atoms with E-state index >= 15 is 0 Å². The molecule has 6 rings (SSSR count). The minimum atomic E-state index is -3.48. The Hall–Kier alpha value is -3.96. The molecule has 1 N–H and O–H groups in total. The number of nitrogens with one attached hydrogen (secondary N) is 1. The summed E-state index contributed by atoms with van der Waals surface area (Å²) in [5.74, 6) is 0.770. The average molecular weight is 587 g/mol. The first kappa shape index (κ1) is 28.2. The lowest BCUT2D eigenvalue weighted by Gasteiger charge is -2.36. The van der Waals surface area contributed by atoms with Gasteiger partial charge in [-0.2, -0.15) is 0 Å². The molecule has 6 heterocycles. The van der Waals surface area contributed by atoms with Crippen molar-refractivity contribution >= 4 is 32.5 Å². The fourth-order valence-electron chi connectivity index (χ4n) is 5.60. The van der Waals surface area contributed by atoms with E-state index in [1.54, 1.807) is 6.20 Å². The zero-order valence-electron chi connectivity index (χ0n) is 23.9. The molecule has 10 nitrogen and oxygen atoms in total. The van der Waals surface area contributed by atoms with Crippen molar-refractivity contribution in [3.8, 4) is 11.4 Å². The smallest absolute Gasteiger partial charge is 0.253 e. The van der Waals surface area contributed by atoms with Crippen molar-refractivity contribution in [1.29, 1.82) is 0 Å². The van der Waals surface area contributed by atoms with Gasteiger partial charge in [0.05, 0.1) is 63.3 Å². The third kappa shape index (κ3) is 5.98. The van der Waals surface area contributed by atoms with E-state index in [4.69, 9.17) is 14.7 Å². The summed E-state index contributed by atoms with van der Waals surface area (Å²) in [7, 11) is -3.48. The Morgan fingerprint density at radius 3 is 2.60 bits per heavy atom. The van der Waals surface area contributed by atoms with E-state index < -0.39 is 15.7 Å². The van der Waals surface area contributed by atoms with Gasteiger partial charge in [0.2, 0.25) is 0 Å². The van der Waals surface area contributed by atoms with Crippen molar-refractivity contribution in [2.75, 3.05) is 23.7 Å². The third-order valence-electron chi connectivity index (χ3n) is 7.75. The highest BCUT2D eigenvalue weighted by molar-refractivity contribution is 7.91. The molecule has 0 saturated carbocycles. The number of fused-ring (bicyclic) bond motifs is 2. The van der Waals surface area contributed by atoms with E-state index in [1.807, 2.05) is 43.3 Å². The number of morpholine rings is 1. The summed E-state index contributed by atoms with van der Waals surface area (Å²) >= 11 is 0. The highest BCUT2D eigenvalue weighted by atomic mass is 32.2. The lowest BCUT2D eigenvalue weighted by Crippen LogP contribution is -2.45. The van der Waals surface area contributed by atoms with Crippen LogP contribution in [0.2, 0.25) is 0 Å². The molecule has 0 spiro atoms. The maximum absolute atomic E-state index is 13.0. The Labute approximate surface area is 245 Å². The van der Waals surface area contributed by atoms with Gasteiger partial charge in [-0.3, -0.25) is 14.8 Å². The number of pyridine rings is 4. The van der Waals surface area contributed by atoms with Crippen LogP contribution in [-0.2, 0) is 27.5 Å². The molecule has 1 saturated heterocycles. The fraction of sp³-hybridized carbons (Fsp3) is 0.387. The molecule has 4 aromatic rings. The average Bonchev–Trinajstić information content (AvgIpc) is 3.09. The SMILES string of the molecule is C[C@H]1CCS(=O)(=O)c2cc(C(=O)NCc3cc4nc(-c5cccc(N6C[C@@H](C)O[C@@H](C)C6)n5)ccc4cn3)cnc2C1. The molecular weight excluding hydrogens is 552 g/mol. The number of aromatic nitrogens is 4. The molecule has 11 heteroatoms. The van der Waals surface area contributed by atoms with E-state index in [-0.39, 0.29) is 40.9 Å². The number of nitrogens with zero attached hydrogens (tertiary/aromatic N) is 5. The molecule has 4 aromatic heterocycles. The second kappa shape index (κ2) is 11.4. The van der Waals surface area contributed by atoms with E-state index in [1.165, 1.54) is 12.3 Å². The Morgan fingerprint density at radius 1 is 1.00 bits per heavy atom. The van der Waals surface area contributed by atoms with Crippen molar-refractivity contribution in [3.63, 3.8) is 0 Å². The van der Waals surface area contributed by atoms with Gasteiger partial charge >= 0.3 is 0 Å². The molecular formula is C31H34N6O4S. The normalized spacial score (nSPS) is 21.9. The number of amides is 1. The summed E-state index contributed by atoms with van der Waals surface area (Å²) in [6, 6.07) is 13.1. The Morgan fingerprint density at radius 2 is 1.79 bits per heavy atom. The zero-order valence-corrected chi connectivity index (χ0v) is 24.8. The molecule has 1 fully saturated rings. The maximum atomic E-state index is 13.0. The van der Waals surface area contributed by atoms with E-state index in [0.29, 0.717) is 24.2 Å². The second-order valence-corrected chi connectivity index (χ2v) is 13.5. The number of carbonyl (C=O) groups is 1. The first-order valence-electron chi connectivity index (χ1n) is 14.3. The van der Waals surface area contributed by atoms with Crippen molar-refractivity contribution < 1.29 is 17.9 Å². The second-order valence-electron chi connectivity index (χ2n) is 11.4. The predicted octanol–water partition coefficient (Wildman–Crippen LogP) is 3.99. The van der Waals surface area contributed by atoms with Gasteiger partial charge in [-0.05, 0) is 69.0 Å². The minimum absolute atomic E-state index is 0.0648. The van der Waals surface area contributed by atoms with Gasteiger partial charge in [0.15, 0.2) is 9.84 Å². The first-order valence-corrected chi connectivity index (χ1v) is 15.9. The molecule has 1 amide bonds. The summed E-state index contributed by atoms with van der Waals surface area (Å²) in [6.07, 6.45) is 4.60. The van der Waals surface area contributed by atoms with Crippen LogP contribution in [0.3, 0.4) is 0 Å². The maximum Gasteiger partial charge on any atom is 0.253 e. The van der Waals surface area contributed by atoms with Crippen LogP contribution in [0.5, 0.6) is 0 Å². The molecule has 3 atom stereocenters. The van der Waals surface area contributed by atoms with E-state index in [9.17, 15) is 13.2 Å². The molecule has 0 radical (unpaired) electrons. The standard InChI is InChI=1S/C31H34N6O4S/c1-19-9-10-42(39,40)29-12-23(15-33-28(29)11-19)31(38)34-16-24-13-27-22(14-32-24)7-8-26(35-27)25-5-4-6-30(36-25)37-17-20(2)41-21(3)18-37/h4-8,12-15,19-21H,9-11,16-18H2,1-3H3,(H,34,38)/t19-,20-,21+/m0/s1. The number of hydrogen-bond donors (Lipinski definition) is 1. The van der Waals surface area contributed by atoms with Crippen LogP contribution in [-0.4, -0.2) is 65.3 Å². The van der Waals surface area contributed by atoms with Crippen LogP contribution in [0, 0.1) is 5.92 Å². The lowest BCUT2D eigenvalue weighted by molar-refractivity contribution is -0.00545. The van der Waals surface area contributed by atoms with Crippen LogP contribution < -0.4 is 10.2 Å². The summed E-state index contributed by atoms with van der Waals surface area (Å²) in [4.78, 5) is 33.9. The van der Waals surface area contributed by atoms with Crippen molar-refractivity contribution in [2.45, 2.75) is 57.3 Å². The van der Waals surface area contributed by atoms with Crippen LogP contribution in [0.4, 0.5) is 5.82 Å². The summed E-state index contributed by atoms with van der Waals surface area (Å²) in [5, 5.41) is 3.71. The highest BCUT2D eigenvalue weighted by Crippen LogP contribution is 2.27. The lowest BCUT2D eigenvalue weighted by atomic mass is 10.0. The number of hydrogen-bond acceptors (Lipinski definition) is 9. The van der Waals surface area contributed by atoms with Crippen LogP contribution in [0.1, 0.15) is 48.9 Å². The highest BCUT2D eigenvalue weighted by Gasteiger charge is 2.27. The molecule has 0 aliphatic carbocycles. The van der Waals surface area contributed by atoms with E-state index in [2.05, 4.69) is 34.0 Å². The molecule has 0 bridgehead atoms. The Balaban J connectivity index is 1.19. The number of ether oxygens (including phenoxy) is 1. The van der Waals surface area contributed by atoms with Crippen molar-refractivity contribution in [2.24, 2.45) is 5.92 Å². The number of rotatable bonds is 5. The van der Waals surface area contributed by atoms with Gasteiger partial charge in [0.25, 0.3) is 5.91 Å². The summed E-state index contributed by atoms with van der Waals surface area (Å²) in [5.41, 5.74) is 3.62. The monoisotopic (exact) mass is 586 g/mol. The van der Waals surface area contributed by atoms with Gasteiger partial charge in [-0.15, -0.1) is 0 Å². The van der Waals surface area contributed by atoms with Crippen molar-refractivity contribution in [3.05, 3.63) is 71.8 Å². The van der Waals surface area contributed by atoms with Gasteiger partial charge in [0.1, 0.15) is 5.82 Å². The van der Waals surface area contributed by atoms with Crippen molar-refractivity contribution in [1.82, 2.24) is 25.3 Å². The molecule has 0 aromatic carbocycles. The number of anilines is 1. The molecule has 2 aliphatic rings. The van der Waals surface area contributed by atoms with E-state index in [0.717, 1.165) is 41.2 Å². The van der Waals surface area contributed by atoms with Gasteiger partial charge in [-0.1, -0.05) is 13.0 Å². The quantitative estimate of drug-likeness (QED) is 0.369. The Bertz CT molecular complexity index is 1750. The molecule has 2 aliphatic heterocycles. The molecule has 42 heavy (non-hydrogen) atoms. The minimum Gasteiger partial charge on any atom is -0.372 e. The Kier molecular flexibility index (Phi) is 7.63. The van der Waals surface area contributed by atoms with Crippen LogP contribution in [0.25, 0.3) is 22.3 Å². The van der Waals surface area contributed by atoms with Crippen LogP contribution >= 0.6 is 0 Å². The van der Waals surface area contributed by atoms with Crippen LogP contribution in [0.15, 0.2) is 59.8 Å². The fourth-order valence-corrected chi connectivity index (χ4v) is 7.33. The third-order valence-corrected chi connectivity index (χ3v) is 9.55. The van der Waals surface area contributed by atoms with Gasteiger partial charge in [-0.25, -0.2) is 18.4 Å². The summed E-state index contributed by atoms with van der Waals surface area (Å²) in [6.45, 7) is 7.87. The summed E-state index contributed by atoms with van der Waals surface area (Å²) < 4.78 is 31.4.